The van der Waals surface area contributed by atoms with Gasteiger partial charge in [-0.25, -0.2) is 12.8 Å². The molecule has 1 saturated heterocycles. The fourth-order valence-electron chi connectivity index (χ4n) is 2.56. The van der Waals surface area contributed by atoms with Crippen molar-refractivity contribution in [2.45, 2.75) is 17.4 Å². The van der Waals surface area contributed by atoms with E-state index < -0.39 is 21.9 Å². The van der Waals surface area contributed by atoms with Crippen molar-refractivity contribution in [2.24, 2.45) is 0 Å². The van der Waals surface area contributed by atoms with E-state index in [2.05, 4.69) is 4.72 Å². The van der Waals surface area contributed by atoms with Gasteiger partial charge in [0.2, 0.25) is 15.9 Å². The second-order valence-corrected chi connectivity index (χ2v) is 7.54. The minimum Gasteiger partial charge on any atom is -0.311 e. The Morgan fingerprint density at radius 1 is 1.17 bits per heavy atom. The number of amides is 1. The van der Waals surface area contributed by atoms with E-state index in [1.165, 1.54) is 47.4 Å². The second kappa shape index (κ2) is 6.51. The van der Waals surface area contributed by atoms with Crippen LogP contribution in [0.4, 0.5) is 10.1 Å². The summed E-state index contributed by atoms with van der Waals surface area (Å²) in [5.41, 5.74) is 0.533. The summed E-state index contributed by atoms with van der Waals surface area (Å²) in [6.07, 6.45) is 0.329. The third-order valence-corrected chi connectivity index (χ3v) is 5.45. The highest BCUT2D eigenvalue weighted by Crippen LogP contribution is 2.23. The van der Waals surface area contributed by atoms with Crippen molar-refractivity contribution in [3.8, 4) is 0 Å². The Balaban J connectivity index is 1.77. The van der Waals surface area contributed by atoms with E-state index in [-0.39, 0.29) is 10.8 Å². The van der Waals surface area contributed by atoms with Crippen molar-refractivity contribution in [1.29, 1.82) is 0 Å². The molecule has 2 aromatic carbocycles. The number of nitrogens with zero attached hydrogens (tertiary/aromatic N) is 1. The van der Waals surface area contributed by atoms with Gasteiger partial charge in [0.05, 0.1) is 4.90 Å². The third-order valence-electron chi connectivity index (χ3n) is 3.75. The van der Waals surface area contributed by atoms with Gasteiger partial charge in [-0.1, -0.05) is 17.7 Å². The Bertz CT molecular complexity index is 871. The molecule has 0 saturated carbocycles. The molecule has 0 aromatic heterocycles. The van der Waals surface area contributed by atoms with Gasteiger partial charge in [0.25, 0.3) is 0 Å². The van der Waals surface area contributed by atoms with Gasteiger partial charge in [-0.3, -0.25) is 4.79 Å². The lowest BCUT2D eigenvalue weighted by molar-refractivity contribution is -0.118. The van der Waals surface area contributed by atoms with E-state index in [1.54, 1.807) is 6.07 Å². The molecular weight excluding hydrogens is 355 g/mol. The smallest absolute Gasteiger partial charge is 0.245 e. The highest BCUT2D eigenvalue weighted by molar-refractivity contribution is 7.89. The van der Waals surface area contributed by atoms with Gasteiger partial charge in [-0.15, -0.1) is 0 Å². The summed E-state index contributed by atoms with van der Waals surface area (Å²) in [5.74, 6) is -0.768. The number of carbonyl (C=O) groups is 1. The topological polar surface area (TPSA) is 66.5 Å². The first-order valence-electron chi connectivity index (χ1n) is 7.22. The van der Waals surface area contributed by atoms with Crippen LogP contribution >= 0.6 is 11.6 Å². The molecule has 0 aliphatic carbocycles. The first-order valence-corrected chi connectivity index (χ1v) is 9.08. The van der Waals surface area contributed by atoms with Gasteiger partial charge >= 0.3 is 0 Å². The van der Waals surface area contributed by atoms with E-state index in [0.717, 1.165) is 0 Å². The molecule has 126 valence electrons. The predicted octanol–water partition coefficient (Wildman–Crippen LogP) is 2.56. The third kappa shape index (κ3) is 3.43. The normalized spacial score (nSPS) is 18.2. The highest BCUT2D eigenvalue weighted by Gasteiger charge is 2.35. The molecular formula is C16H14ClFN2O3S. The maximum Gasteiger partial charge on any atom is 0.245 e. The average Bonchev–Trinajstić information content (AvgIpc) is 2.89. The van der Waals surface area contributed by atoms with E-state index in [9.17, 15) is 17.6 Å². The van der Waals surface area contributed by atoms with Crippen LogP contribution in [-0.2, 0) is 14.8 Å². The molecule has 1 aliphatic rings. The van der Waals surface area contributed by atoms with Crippen LogP contribution in [0.3, 0.4) is 0 Å². The van der Waals surface area contributed by atoms with Crippen LogP contribution < -0.4 is 9.62 Å². The van der Waals surface area contributed by atoms with Crippen LogP contribution in [0.25, 0.3) is 0 Å². The molecule has 0 spiro atoms. The number of sulfonamides is 1. The standard InChI is InChI=1S/C16H14ClFN2O3S/c17-11-2-1-3-14(10-11)24(22,23)19-15-8-9-20(16(15)21)13-6-4-12(18)5-7-13/h1-7,10,15,19H,8-9H2/t15-/m0/s1. The van der Waals surface area contributed by atoms with Crippen molar-refractivity contribution in [3.63, 3.8) is 0 Å². The fraction of sp³-hybridized carbons (Fsp3) is 0.188. The molecule has 8 heteroatoms. The molecule has 3 rings (SSSR count). The van der Waals surface area contributed by atoms with Gasteiger partial charge in [-0.2, -0.15) is 4.72 Å². The first kappa shape index (κ1) is 16.9. The van der Waals surface area contributed by atoms with Gasteiger partial charge in [0.1, 0.15) is 11.9 Å². The zero-order valence-electron chi connectivity index (χ0n) is 12.4. The van der Waals surface area contributed by atoms with E-state index in [4.69, 9.17) is 11.6 Å². The number of benzene rings is 2. The van der Waals surface area contributed by atoms with Gasteiger partial charge < -0.3 is 4.90 Å². The Kier molecular flexibility index (Phi) is 4.58. The lowest BCUT2D eigenvalue weighted by Gasteiger charge is -2.17. The number of hydrogen-bond donors (Lipinski definition) is 1. The Hall–Kier alpha value is -1.96. The number of carbonyl (C=O) groups excluding carboxylic acids is 1. The van der Waals surface area contributed by atoms with Crippen LogP contribution in [0.5, 0.6) is 0 Å². The number of hydrogen-bond acceptors (Lipinski definition) is 3. The van der Waals surface area contributed by atoms with Gasteiger partial charge in [-0.05, 0) is 48.9 Å². The maximum atomic E-state index is 13.0. The Morgan fingerprint density at radius 3 is 2.54 bits per heavy atom. The van der Waals surface area contributed by atoms with Crippen molar-refractivity contribution in [3.05, 3.63) is 59.4 Å². The molecule has 1 heterocycles. The van der Waals surface area contributed by atoms with Crippen LogP contribution in [0.15, 0.2) is 53.4 Å². The molecule has 1 amide bonds. The van der Waals surface area contributed by atoms with Crippen LogP contribution in [0, 0.1) is 5.82 Å². The van der Waals surface area contributed by atoms with Crippen molar-refractivity contribution < 1.29 is 17.6 Å². The molecule has 1 aliphatic heterocycles. The minimum absolute atomic E-state index is 0.00281. The van der Waals surface area contributed by atoms with Crippen molar-refractivity contribution in [2.75, 3.05) is 11.4 Å². The molecule has 2 aromatic rings. The second-order valence-electron chi connectivity index (χ2n) is 5.39. The Morgan fingerprint density at radius 2 is 1.88 bits per heavy atom. The summed E-state index contributed by atoms with van der Waals surface area (Å²) < 4.78 is 40.2. The number of rotatable bonds is 4. The molecule has 1 N–H and O–H groups in total. The number of halogens is 2. The summed E-state index contributed by atoms with van der Waals surface area (Å²) in [7, 11) is -3.85. The number of anilines is 1. The lowest BCUT2D eigenvalue weighted by atomic mass is 10.3. The molecule has 5 nitrogen and oxygen atoms in total. The largest absolute Gasteiger partial charge is 0.311 e. The zero-order valence-corrected chi connectivity index (χ0v) is 14.0. The zero-order chi connectivity index (χ0) is 17.3. The van der Waals surface area contributed by atoms with Gasteiger partial charge in [0.15, 0.2) is 0 Å². The Labute approximate surface area is 144 Å². The molecule has 24 heavy (non-hydrogen) atoms. The molecule has 0 unspecified atom stereocenters. The molecule has 1 atom stereocenters. The van der Waals surface area contributed by atoms with Crippen LogP contribution in [0.1, 0.15) is 6.42 Å². The summed E-state index contributed by atoms with van der Waals surface area (Å²) >= 11 is 5.81. The van der Waals surface area contributed by atoms with Crippen LogP contribution in [-0.4, -0.2) is 26.9 Å². The van der Waals surface area contributed by atoms with E-state index in [0.29, 0.717) is 23.7 Å². The molecule has 1 fully saturated rings. The number of nitrogens with one attached hydrogen (secondary N) is 1. The maximum absolute atomic E-state index is 13.0. The highest BCUT2D eigenvalue weighted by atomic mass is 35.5. The quantitative estimate of drug-likeness (QED) is 0.902. The van der Waals surface area contributed by atoms with E-state index >= 15 is 0 Å². The van der Waals surface area contributed by atoms with E-state index in [1.807, 2.05) is 0 Å². The summed E-state index contributed by atoms with van der Waals surface area (Å²) in [4.78, 5) is 13.9. The summed E-state index contributed by atoms with van der Waals surface area (Å²) in [5, 5.41) is 0.295. The monoisotopic (exact) mass is 368 g/mol. The average molecular weight is 369 g/mol. The molecule has 0 bridgehead atoms. The minimum atomic E-state index is -3.85. The van der Waals surface area contributed by atoms with Crippen molar-refractivity contribution in [1.82, 2.24) is 4.72 Å². The lowest BCUT2D eigenvalue weighted by Crippen LogP contribution is -2.41. The SMILES string of the molecule is O=C1[C@@H](NS(=O)(=O)c2cccc(Cl)c2)CCN1c1ccc(F)cc1. The van der Waals surface area contributed by atoms with Crippen LogP contribution in [0.2, 0.25) is 5.02 Å². The summed E-state index contributed by atoms with van der Waals surface area (Å²) in [6.45, 7) is 0.354. The van der Waals surface area contributed by atoms with Gasteiger partial charge in [0, 0.05) is 17.3 Å². The van der Waals surface area contributed by atoms with Crippen molar-refractivity contribution >= 4 is 33.2 Å². The first-order chi connectivity index (χ1) is 11.4. The summed E-state index contributed by atoms with van der Waals surface area (Å²) in [6, 6.07) is 10.4. The predicted molar refractivity (Wildman–Crippen MR) is 88.9 cm³/mol. The molecule has 0 radical (unpaired) electrons. The fourth-order valence-corrected chi connectivity index (χ4v) is 4.08.